The molecule has 0 saturated carbocycles. The van der Waals surface area contributed by atoms with Crippen molar-refractivity contribution in [1.29, 1.82) is 0 Å². The highest BCUT2D eigenvalue weighted by Gasteiger charge is 2.20. The SMILES string of the molecule is COc1ccccc1-n1c(SCc2nc(C(=O)NCCC(C)C)cs2)nnc1-c1ccncc1. The molecule has 4 rings (SSSR count). The van der Waals surface area contributed by atoms with Crippen LogP contribution in [0.3, 0.4) is 0 Å². The highest BCUT2D eigenvalue weighted by molar-refractivity contribution is 7.98. The molecule has 0 radical (unpaired) electrons. The number of ether oxygens (including phenoxy) is 1. The lowest BCUT2D eigenvalue weighted by atomic mass is 10.1. The maximum absolute atomic E-state index is 12.4. The van der Waals surface area contributed by atoms with Crippen molar-refractivity contribution < 1.29 is 9.53 Å². The second-order valence-corrected chi connectivity index (χ2v) is 9.79. The van der Waals surface area contributed by atoms with Gasteiger partial charge in [-0.3, -0.25) is 14.3 Å². The molecule has 0 aliphatic heterocycles. The van der Waals surface area contributed by atoms with E-state index in [0.717, 1.165) is 22.7 Å². The van der Waals surface area contributed by atoms with Gasteiger partial charge in [-0.05, 0) is 36.6 Å². The van der Waals surface area contributed by atoms with Crippen molar-refractivity contribution >= 4 is 29.0 Å². The molecule has 0 atom stereocenters. The van der Waals surface area contributed by atoms with E-state index in [-0.39, 0.29) is 5.91 Å². The number of thiazole rings is 1. The predicted octanol–water partition coefficient (Wildman–Crippen LogP) is 4.86. The lowest BCUT2D eigenvalue weighted by Crippen LogP contribution is -2.25. The molecule has 0 spiro atoms. The number of benzene rings is 1. The Labute approximate surface area is 206 Å². The molecule has 0 aliphatic rings. The first-order valence-corrected chi connectivity index (χ1v) is 12.8. The maximum Gasteiger partial charge on any atom is 0.270 e. The van der Waals surface area contributed by atoms with Crippen LogP contribution in [0.5, 0.6) is 5.75 Å². The van der Waals surface area contributed by atoms with Gasteiger partial charge in [-0.2, -0.15) is 0 Å². The molecule has 10 heteroatoms. The van der Waals surface area contributed by atoms with Crippen molar-refractivity contribution in [2.24, 2.45) is 5.92 Å². The van der Waals surface area contributed by atoms with E-state index in [0.29, 0.717) is 40.6 Å². The van der Waals surface area contributed by atoms with Gasteiger partial charge in [0.05, 0.1) is 18.6 Å². The summed E-state index contributed by atoms with van der Waals surface area (Å²) in [4.78, 5) is 21.0. The Morgan fingerprint density at radius 1 is 1.18 bits per heavy atom. The summed E-state index contributed by atoms with van der Waals surface area (Å²) in [6, 6.07) is 11.6. The lowest BCUT2D eigenvalue weighted by Gasteiger charge is -2.13. The van der Waals surface area contributed by atoms with Crippen molar-refractivity contribution in [1.82, 2.24) is 30.0 Å². The van der Waals surface area contributed by atoms with Crippen LogP contribution in [-0.4, -0.2) is 44.3 Å². The van der Waals surface area contributed by atoms with Gasteiger partial charge < -0.3 is 10.1 Å². The molecule has 176 valence electrons. The number of hydrogen-bond donors (Lipinski definition) is 1. The highest BCUT2D eigenvalue weighted by Crippen LogP contribution is 2.33. The minimum absolute atomic E-state index is 0.134. The van der Waals surface area contributed by atoms with Gasteiger partial charge in [0, 0.05) is 29.9 Å². The Kier molecular flexibility index (Phi) is 7.91. The number of amides is 1. The smallest absolute Gasteiger partial charge is 0.270 e. The lowest BCUT2D eigenvalue weighted by molar-refractivity contribution is 0.0947. The summed E-state index contributed by atoms with van der Waals surface area (Å²) in [7, 11) is 1.64. The Balaban J connectivity index is 1.56. The summed E-state index contributed by atoms with van der Waals surface area (Å²) in [6.45, 7) is 4.92. The number of nitrogens with one attached hydrogen (secondary N) is 1. The number of hydrogen-bond acceptors (Lipinski definition) is 8. The maximum atomic E-state index is 12.4. The van der Waals surface area contributed by atoms with Crippen LogP contribution in [0.4, 0.5) is 0 Å². The van der Waals surface area contributed by atoms with Crippen LogP contribution in [-0.2, 0) is 5.75 Å². The Morgan fingerprint density at radius 3 is 2.74 bits per heavy atom. The Hall–Kier alpha value is -3.24. The number of pyridine rings is 1. The normalized spacial score (nSPS) is 11.1. The molecule has 0 unspecified atom stereocenters. The van der Waals surface area contributed by atoms with Crippen molar-refractivity contribution in [3.05, 3.63) is 64.9 Å². The van der Waals surface area contributed by atoms with Crippen LogP contribution in [0.15, 0.2) is 59.3 Å². The standard InChI is InChI=1S/C24H26N6O2S2/c1-16(2)8-13-26-23(31)18-14-33-21(27-18)15-34-24-29-28-22(17-9-11-25-12-10-17)30(24)19-6-4-5-7-20(19)32-3/h4-7,9-12,14,16H,8,13,15H2,1-3H3,(H,26,31). The van der Waals surface area contributed by atoms with Crippen molar-refractivity contribution in [2.45, 2.75) is 31.2 Å². The van der Waals surface area contributed by atoms with Crippen LogP contribution in [0.25, 0.3) is 17.1 Å². The molecule has 0 aliphatic carbocycles. The minimum atomic E-state index is -0.134. The van der Waals surface area contributed by atoms with E-state index < -0.39 is 0 Å². The molecular formula is C24H26N6O2S2. The number of rotatable bonds is 10. The Bertz CT molecular complexity index is 1240. The number of methoxy groups -OCH3 is 1. The number of nitrogens with zero attached hydrogens (tertiary/aromatic N) is 5. The first kappa shape index (κ1) is 23.9. The molecule has 1 amide bonds. The van der Waals surface area contributed by atoms with Gasteiger partial charge in [-0.1, -0.05) is 37.7 Å². The molecule has 3 heterocycles. The van der Waals surface area contributed by atoms with Crippen molar-refractivity contribution in [3.63, 3.8) is 0 Å². The fourth-order valence-electron chi connectivity index (χ4n) is 3.26. The van der Waals surface area contributed by atoms with E-state index in [1.54, 1.807) is 24.9 Å². The fraction of sp³-hybridized carbons (Fsp3) is 0.292. The van der Waals surface area contributed by atoms with Gasteiger partial charge in [0.2, 0.25) is 0 Å². The molecule has 0 saturated heterocycles. The van der Waals surface area contributed by atoms with Crippen LogP contribution in [0, 0.1) is 5.92 Å². The molecule has 0 bridgehead atoms. The van der Waals surface area contributed by atoms with Crippen molar-refractivity contribution in [2.75, 3.05) is 13.7 Å². The van der Waals surface area contributed by atoms with Crippen LogP contribution < -0.4 is 10.1 Å². The fourth-order valence-corrected chi connectivity index (χ4v) is 4.99. The molecule has 1 N–H and O–H groups in total. The first-order chi connectivity index (χ1) is 16.6. The zero-order valence-corrected chi connectivity index (χ0v) is 20.9. The quantitative estimate of drug-likeness (QED) is 0.315. The van der Waals surface area contributed by atoms with E-state index in [1.165, 1.54) is 23.1 Å². The first-order valence-electron chi connectivity index (χ1n) is 10.9. The summed E-state index contributed by atoms with van der Waals surface area (Å²) in [5, 5.41) is 15.2. The number of thioether (sulfide) groups is 1. The zero-order chi connectivity index (χ0) is 23.9. The zero-order valence-electron chi connectivity index (χ0n) is 19.3. The Morgan fingerprint density at radius 2 is 1.97 bits per heavy atom. The summed E-state index contributed by atoms with van der Waals surface area (Å²) < 4.78 is 7.58. The molecule has 34 heavy (non-hydrogen) atoms. The van der Waals surface area contributed by atoms with Gasteiger partial charge in [0.1, 0.15) is 16.5 Å². The number of aromatic nitrogens is 5. The van der Waals surface area contributed by atoms with E-state index >= 15 is 0 Å². The predicted molar refractivity (Wildman–Crippen MR) is 135 cm³/mol. The number of carbonyl (C=O) groups is 1. The van der Waals surface area contributed by atoms with Crippen LogP contribution >= 0.6 is 23.1 Å². The molecule has 4 aromatic rings. The van der Waals surface area contributed by atoms with Crippen LogP contribution in [0.1, 0.15) is 35.8 Å². The third-order valence-corrected chi connectivity index (χ3v) is 6.99. The van der Waals surface area contributed by atoms with E-state index in [4.69, 9.17) is 4.74 Å². The summed E-state index contributed by atoms with van der Waals surface area (Å²) in [6.07, 6.45) is 4.40. The second-order valence-electron chi connectivity index (χ2n) is 7.90. The number of para-hydroxylation sites is 2. The molecule has 0 fully saturated rings. The third kappa shape index (κ3) is 5.63. The van der Waals surface area contributed by atoms with E-state index in [2.05, 4.69) is 39.3 Å². The monoisotopic (exact) mass is 494 g/mol. The third-order valence-electron chi connectivity index (χ3n) is 5.01. The molecule has 1 aromatic carbocycles. The summed E-state index contributed by atoms with van der Waals surface area (Å²) in [5.41, 5.74) is 2.19. The average molecular weight is 495 g/mol. The van der Waals surface area contributed by atoms with Gasteiger partial charge in [0.25, 0.3) is 5.91 Å². The van der Waals surface area contributed by atoms with Gasteiger partial charge in [0.15, 0.2) is 11.0 Å². The average Bonchev–Trinajstić information content (AvgIpc) is 3.50. The van der Waals surface area contributed by atoms with Gasteiger partial charge in [-0.25, -0.2) is 4.98 Å². The van der Waals surface area contributed by atoms with Gasteiger partial charge >= 0.3 is 0 Å². The van der Waals surface area contributed by atoms with Gasteiger partial charge in [-0.15, -0.1) is 21.5 Å². The summed E-state index contributed by atoms with van der Waals surface area (Å²) >= 11 is 2.98. The molecular weight excluding hydrogens is 468 g/mol. The van der Waals surface area contributed by atoms with E-state index in [9.17, 15) is 4.79 Å². The molecule has 8 nitrogen and oxygen atoms in total. The summed E-state index contributed by atoms with van der Waals surface area (Å²) in [5.74, 6) is 2.38. The minimum Gasteiger partial charge on any atom is -0.495 e. The van der Waals surface area contributed by atoms with E-state index in [1.807, 2.05) is 41.0 Å². The highest BCUT2D eigenvalue weighted by atomic mass is 32.2. The topological polar surface area (TPSA) is 94.8 Å². The molecule has 3 aromatic heterocycles. The second kappa shape index (κ2) is 11.3. The van der Waals surface area contributed by atoms with Crippen LogP contribution in [0.2, 0.25) is 0 Å². The number of carbonyl (C=O) groups excluding carboxylic acids is 1. The largest absolute Gasteiger partial charge is 0.495 e. The van der Waals surface area contributed by atoms with Crippen molar-refractivity contribution in [3.8, 4) is 22.8 Å².